The van der Waals surface area contributed by atoms with Gasteiger partial charge >= 0.3 is 0 Å². The van der Waals surface area contributed by atoms with Crippen LogP contribution in [0, 0.1) is 0 Å². The van der Waals surface area contributed by atoms with Gasteiger partial charge in [0.2, 0.25) is 0 Å². The van der Waals surface area contributed by atoms with Crippen LogP contribution in [0.5, 0.6) is 0 Å². The van der Waals surface area contributed by atoms with E-state index in [9.17, 15) is 0 Å². The van der Waals surface area contributed by atoms with Crippen molar-refractivity contribution in [2.75, 3.05) is 31.1 Å². The monoisotopic (exact) mass is 320 g/mol. The molecular formula is C20H24N4. The number of anilines is 1. The van der Waals surface area contributed by atoms with Crippen LogP contribution in [-0.2, 0) is 0 Å². The van der Waals surface area contributed by atoms with E-state index < -0.39 is 0 Å². The fraction of sp³-hybridized carbons (Fsp3) is 0.400. The van der Waals surface area contributed by atoms with Crippen LogP contribution in [0.1, 0.15) is 25.0 Å². The molecule has 4 nitrogen and oxygen atoms in total. The zero-order valence-corrected chi connectivity index (χ0v) is 14.0. The number of aromatic nitrogens is 2. The second kappa shape index (κ2) is 7.14. The van der Waals surface area contributed by atoms with E-state index in [1.54, 1.807) is 0 Å². The zero-order chi connectivity index (χ0) is 16.2. The highest BCUT2D eigenvalue weighted by molar-refractivity contribution is 5.63. The molecule has 0 saturated carbocycles. The highest BCUT2D eigenvalue weighted by Crippen LogP contribution is 2.29. The van der Waals surface area contributed by atoms with E-state index >= 15 is 0 Å². The summed E-state index contributed by atoms with van der Waals surface area (Å²) in [6.07, 6.45) is 9.71. The third-order valence-corrected chi connectivity index (χ3v) is 5.18. The Kier molecular flexibility index (Phi) is 4.56. The minimum Gasteiger partial charge on any atom is -0.354 e. The number of allylic oxidation sites excluding steroid dienone is 1. The van der Waals surface area contributed by atoms with Crippen LogP contribution in [0.4, 0.5) is 5.82 Å². The lowest BCUT2D eigenvalue weighted by Crippen LogP contribution is -2.50. The standard InChI is InChI=1S/C20H24N4/c1-3-11-21-19(5-1)17-7-9-18(10-8-17)23-13-15-24(16-14-23)20-6-2-4-12-22-20/h1-7,11-12,18H,8-10,13-16H2. The van der Waals surface area contributed by atoms with Crippen molar-refractivity contribution in [1.82, 2.24) is 14.9 Å². The minimum atomic E-state index is 0.684. The highest BCUT2D eigenvalue weighted by atomic mass is 15.3. The first-order valence-corrected chi connectivity index (χ1v) is 8.90. The van der Waals surface area contributed by atoms with Crippen molar-refractivity contribution < 1.29 is 0 Å². The number of hydrogen-bond acceptors (Lipinski definition) is 4. The molecule has 124 valence electrons. The van der Waals surface area contributed by atoms with E-state index in [1.807, 2.05) is 24.5 Å². The van der Waals surface area contributed by atoms with Gasteiger partial charge in [-0.25, -0.2) is 4.98 Å². The Hall–Kier alpha value is -2.20. The van der Waals surface area contributed by atoms with Crippen LogP contribution in [-0.4, -0.2) is 47.1 Å². The van der Waals surface area contributed by atoms with Crippen molar-refractivity contribution >= 4 is 11.4 Å². The molecule has 1 saturated heterocycles. The number of pyridine rings is 2. The fourth-order valence-electron chi connectivity index (χ4n) is 3.79. The first kappa shape index (κ1) is 15.3. The second-order valence-electron chi connectivity index (χ2n) is 6.58. The molecule has 2 aromatic rings. The third kappa shape index (κ3) is 3.34. The van der Waals surface area contributed by atoms with Crippen molar-refractivity contribution in [3.8, 4) is 0 Å². The van der Waals surface area contributed by atoms with Gasteiger partial charge in [-0.15, -0.1) is 0 Å². The summed E-state index contributed by atoms with van der Waals surface area (Å²) < 4.78 is 0. The summed E-state index contributed by atoms with van der Waals surface area (Å²) in [7, 11) is 0. The lowest BCUT2D eigenvalue weighted by molar-refractivity contribution is 0.175. The van der Waals surface area contributed by atoms with Gasteiger partial charge in [-0.05, 0) is 49.1 Å². The molecule has 4 heteroatoms. The van der Waals surface area contributed by atoms with Gasteiger partial charge < -0.3 is 4.90 Å². The molecule has 4 rings (SSSR count). The van der Waals surface area contributed by atoms with E-state index in [0.29, 0.717) is 6.04 Å². The molecular weight excluding hydrogens is 296 g/mol. The van der Waals surface area contributed by atoms with Crippen molar-refractivity contribution in [3.05, 3.63) is 60.6 Å². The summed E-state index contributed by atoms with van der Waals surface area (Å²) in [5, 5.41) is 0. The number of rotatable bonds is 3. The predicted molar refractivity (Wildman–Crippen MR) is 97.9 cm³/mol. The number of nitrogens with zero attached hydrogens (tertiary/aromatic N) is 4. The Balaban J connectivity index is 1.33. The zero-order valence-electron chi connectivity index (χ0n) is 14.0. The van der Waals surface area contributed by atoms with Gasteiger partial charge in [0.1, 0.15) is 5.82 Å². The molecule has 2 aliphatic rings. The lowest BCUT2D eigenvalue weighted by atomic mass is 9.91. The Labute approximate surface area is 143 Å². The topological polar surface area (TPSA) is 32.3 Å². The molecule has 1 fully saturated rings. The van der Waals surface area contributed by atoms with Crippen LogP contribution >= 0.6 is 0 Å². The Morgan fingerprint density at radius 1 is 0.875 bits per heavy atom. The van der Waals surface area contributed by atoms with Crippen LogP contribution in [0.25, 0.3) is 5.57 Å². The molecule has 1 aliphatic carbocycles. The van der Waals surface area contributed by atoms with Gasteiger partial charge in [0.05, 0.1) is 5.69 Å². The molecule has 2 aromatic heterocycles. The average Bonchev–Trinajstić information content (AvgIpc) is 2.70. The van der Waals surface area contributed by atoms with E-state index in [4.69, 9.17) is 0 Å². The van der Waals surface area contributed by atoms with E-state index in [2.05, 4.69) is 50.1 Å². The normalized spacial score (nSPS) is 22.2. The highest BCUT2D eigenvalue weighted by Gasteiger charge is 2.26. The van der Waals surface area contributed by atoms with Crippen LogP contribution in [0.3, 0.4) is 0 Å². The summed E-state index contributed by atoms with van der Waals surface area (Å²) in [5.74, 6) is 1.11. The molecule has 0 aromatic carbocycles. The maximum Gasteiger partial charge on any atom is 0.128 e. The molecule has 0 amide bonds. The average molecular weight is 320 g/mol. The Morgan fingerprint density at radius 2 is 1.67 bits per heavy atom. The van der Waals surface area contributed by atoms with Crippen molar-refractivity contribution in [2.24, 2.45) is 0 Å². The maximum absolute atomic E-state index is 4.49. The van der Waals surface area contributed by atoms with Gasteiger partial charge in [-0.1, -0.05) is 18.2 Å². The molecule has 0 bridgehead atoms. The third-order valence-electron chi connectivity index (χ3n) is 5.18. The molecule has 1 aliphatic heterocycles. The van der Waals surface area contributed by atoms with Gasteiger partial charge in [0.25, 0.3) is 0 Å². The smallest absolute Gasteiger partial charge is 0.128 e. The fourth-order valence-corrected chi connectivity index (χ4v) is 3.79. The molecule has 1 unspecified atom stereocenters. The second-order valence-corrected chi connectivity index (χ2v) is 6.58. The molecule has 1 atom stereocenters. The van der Waals surface area contributed by atoms with Crippen LogP contribution < -0.4 is 4.90 Å². The van der Waals surface area contributed by atoms with E-state index in [-0.39, 0.29) is 0 Å². The molecule has 0 N–H and O–H groups in total. The first-order chi connectivity index (χ1) is 11.9. The summed E-state index contributed by atoms with van der Waals surface area (Å²) in [4.78, 5) is 14.0. The van der Waals surface area contributed by atoms with Gasteiger partial charge in [-0.2, -0.15) is 0 Å². The lowest BCUT2D eigenvalue weighted by Gasteiger charge is -2.40. The molecule has 0 spiro atoms. The SMILES string of the molecule is C1=C(c2ccccn2)CCC(N2CCN(c3ccccn3)CC2)C1. The summed E-state index contributed by atoms with van der Waals surface area (Å²) >= 11 is 0. The van der Waals surface area contributed by atoms with Crippen molar-refractivity contribution in [1.29, 1.82) is 0 Å². The molecule has 24 heavy (non-hydrogen) atoms. The van der Waals surface area contributed by atoms with Crippen molar-refractivity contribution in [2.45, 2.75) is 25.3 Å². The van der Waals surface area contributed by atoms with Crippen molar-refractivity contribution in [3.63, 3.8) is 0 Å². The van der Waals surface area contributed by atoms with Crippen LogP contribution in [0.2, 0.25) is 0 Å². The van der Waals surface area contributed by atoms with Gasteiger partial charge in [-0.3, -0.25) is 9.88 Å². The quantitative estimate of drug-likeness (QED) is 0.869. The van der Waals surface area contributed by atoms with Crippen LogP contribution in [0.15, 0.2) is 54.9 Å². The number of piperazine rings is 1. The predicted octanol–water partition coefficient (Wildman–Crippen LogP) is 3.23. The summed E-state index contributed by atoms with van der Waals surface area (Å²) in [6.45, 7) is 4.41. The summed E-state index contributed by atoms with van der Waals surface area (Å²) in [6, 6.07) is 13.0. The minimum absolute atomic E-state index is 0.684. The first-order valence-electron chi connectivity index (χ1n) is 8.90. The Bertz CT molecular complexity index is 675. The van der Waals surface area contributed by atoms with E-state index in [0.717, 1.165) is 50.5 Å². The molecule has 3 heterocycles. The molecule has 0 radical (unpaired) electrons. The Morgan fingerprint density at radius 3 is 2.29 bits per heavy atom. The maximum atomic E-state index is 4.49. The largest absolute Gasteiger partial charge is 0.354 e. The summed E-state index contributed by atoms with van der Waals surface area (Å²) in [5.41, 5.74) is 2.56. The van der Waals surface area contributed by atoms with Gasteiger partial charge in [0.15, 0.2) is 0 Å². The number of hydrogen-bond donors (Lipinski definition) is 0. The van der Waals surface area contributed by atoms with E-state index in [1.165, 1.54) is 12.0 Å². The van der Waals surface area contributed by atoms with Gasteiger partial charge in [0, 0.05) is 44.6 Å².